The van der Waals surface area contributed by atoms with E-state index in [9.17, 15) is 0 Å². The molecule has 0 atom stereocenters. The number of halogens is 1. The summed E-state index contributed by atoms with van der Waals surface area (Å²) >= 11 is 3.52. The van der Waals surface area contributed by atoms with Gasteiger partial charge in [-0.25, -0.2) is 0 Å². The number of aryl methyl sites for hydroxylation is 2. The predicted molar refractivity (Wildman–Crippen MR) is 90.5 cm³/mol. The molecule has 0 saturated heterocycles. The standard InChI is InChI=1S/C17H20BrNO2/c1-11-5-14(18)6-12(2)17(11)19-10-13-7-15(20-3)9-16(8-13)21-4/h5-9,19H,10H2,1-4H3. The molecule has 2 rings (SSSR count). The molecule has 0 fully saturated rings. The fraction of sp³-hybridized carbons (Fsp3) is 0.294. The van der Waals surface area contributed by atoms with Gasteiger partial charge in [0.1, 0.15) is 11.5 Å². The Morgan fingerprint density at radius 2 is 1.43 bits per heavy atom. The van der Waals surface area contributed by atoms with Gasteiger partial charge in [0.15, 0.2) is 0 Å². The van der Waals surface area contributed by atoms with Gasteiger partial charge >= 0.3 is 0 Å². The number of methoxy groups -OCH3 is 2. The van der Waals surface area contributed by atoms with Gasteiger partial charge in [0.25, 0.3) is 0 Å². The Morgan fingerprint density at radius 3 is 1.90 bits per heavy atom. The molecule has 1 N–H and O–H groups in total. The van der Waals surface area contributed by atoms with Crippen molar-refractivity contribution >= 4 is 21.6 Å². The minimum absolute atomic E-state index is 0.719. The summed E-state index contributed by atoms with van der Waals surface area (Å²) in [5, 5.41) is 3.50. The van der Waals surface area contributed by atoms with Crippen molar-refractivity contribution < 1.29 is 9.47 Å². The Labute approximate surface area is 134 Å². The molecular weight excluding hydrogens is 330 g/mol. The van der Waals surface area contributed by atoms with E-state index in [0.717, 1.165) is 28.1 Å². The lowest BCUT2D eigenvalue weighted by Gasteiger charge is -2.14. The summed E-state index contributed by atoms with van der Waals surface area (Å²) in [5.41, 5.74) is 4.72. The van der Waals surface area contributed by atoms with Gasteiger partial charge in [-0.15, -0.1) is 0 Å². The molecule has 0 spiro atoms. The normalized spacial score (nSPS) is 10.3. The molecule has 0 heterocycles. The molecule has 0 aromatic heterocycles. The minimum Gasteiger partial charge on any atom is -0.497 e. The van der Waals surface area contributed by atoms with Crippen LogP contribution in [0.15, 0.2) is 34.8 Å². The zero-order valence-corrected chi connectivity index (χ0v) is 14.4. The highest BCUT2D eigenvalue weighted by Crippen LogP contribution is 2.27. The van der Waals surface area contributed by atoms with Gasteiger partial charge in [-0.05, 0) is 54.8 Å². The van der Waals surface area contributed by atoms with E-state index in [1.165, 1.54) is 16.8 Å². The van der Waals surface area contributed by atoms with E-state index in [0.29, 0.717) is 0 Å². The molecule has 0 radical (unpaired) electrons. The largest absolute Gasteiger partial charge is 0.497 e. The molecule has 0 bridgehead atoms. The Kier molecular flexibility index (Phi) is 5.12. The van der Waals surface area contributed by atoms with Crippen LogP contribution in [0.1, 0.15) is 16.7 Å². The predicted octanol–water partition coefficient (Wildman–Crippen LogP) is 4.70. The highest BCUT2D eigenvalue weighted by atomic mass is 79.9. The summed E-state index contributed by atoms with van der Waals surface area (Å²) in [5.74, 6) is 1.60. The van der Waals surface area contributed by atoms with Gasteiger partial charge in [0.05, 0.1) is 14.2 Å². The first-order valence-electron chi connectivity index (χ1n) is 6.76. The lowest BCUT2D eigenvalue weighted by molar-refractivity contribution is 0.393. The monoisotopic (exact) mass is 349 g/mol. The van der Waals surface area contributed by atoms with Crippen LogP contribution in [0, 0.1) is 13.8 Å². The van der Waals surface area contributed by atoms with Crippen LogP contribution in [0.25, 0.3) is 0 Å². The average Bonchev–Trinajstić information content (AvgIpc) is 2.45. The fourth-order valence-electron chi connectivity index (χ4n) is 2.35. The number of anilines is 1. The van der Waals surface area contributed by atoms with Gasteiger partial charge in [-0.2, -0.15) is 0 Å². The quantitative estimate of drug-likeness (QED) is 0.848. The maximum Gasteiger partial charge on any atom is 0.122 e. The first-order chi connectivity index (χ1) is 10.0. The molecule has 4 heteroatoms. The molecule has 2 aromatic rings. The summed E-state index contributed by atoms with van der Waals surface area (Å²) in [7, 11) is 3.32. The van der Waals surface area contributed by atoms with Crippen LogP contribution in [-0.2, 0) is 6.54 Å². The lowest BCUT2D eigenvalue weighted by Crippen LogP contribution is -2.03. The third kappa shape index (κ3) is 3.91. The molecule has 0 aliphatic heterocycles. The molecule has 112 valence electrons. The van der Waals surface area contributed by atoms with Crippen LogP contribution >= 0.6 is 15.9 Å². The SMILES string of the molecule is COc1cc(CNc2c(C)cc(Br)cc2C)cc(OC)c1. The van der Waals surface area contributed by atoms with Crippen molar-refractivity contribution in [3.8, 4) is 11.5 Å². The second-order valence-corrected chi connectivity index (χ2v) is 5.90. The highest BCUT2D eigenvalue weighted by molar-refractivity contribution is 9.10. The number of hydrogen-bond acceptors (Lipinski definition) is 3. The van der Waals surface area contributed by atoms with E-state index in [4.69, 9.17) is 9.47 Å². The number of rotatable bonds is 5. The molecule has 0 saturated carbocycles. The smallest absolute Gasteiger partial charge is 0.122 e. The van der Waals surface area contributed by atoms with Crippen LogP contribution in [-0.4, -0.2) is 14.2 Å². The lowest BCUT2D eigenvalue weighted by atomic mass is 10.1. The Bertz CT molecular complexity index is 595. The third-order valence-corrected chi connectivity index (χ3v) is 3.84. The van der Waals surface area contributed by atoms with Crippen molar-refractivity contribution in [1.29, 1.82) is 0 Å². The van der Waals surface area contributed by atoms with Gasteiger partial charge in [-0.3, -0.25) is 0 Å². The van der Waals surface area contributed by atoms with Crippen molar-refractivity contribution in [3.63, 3.8) is 0 Å². The maximum absolute atomic E-state index is 5.30. The van der Waals surface area contributed by atoms with Crippen LogP contribution < -0.4 is 14.8 Å². The fourth-order valence-corrected chi connectivity index (χ4v) is 3.04. The average molecular weight is 350 g/mol. The summed E-state index contributed by atoms with van der Waals surface area (Å²) in [6, 6.07) is 10.1. The topological polar surface area (TPSA) is 30.5 Å². The van der Waals surface area contributed by atoms with Crippen molar-refractivity contribution in [2.45, 2.75) is 20.4 Å². The van der Waals surface area contributed by atoms with Gasteiger partial charge in [0.2, 0.25) is 0 Å². The van der Waals surface area contributed by atoms with E-state index < -0.39 is 0 Å². The summed E-state index contributed by atoms with van der Waals surface area (Å²) in [6.45, 7) is 4.93. The zero-order valence-electron chi connectivity index (χ0n) is 12.8. The Hall–Kier alpha value is -1.68. The Morgan fingerprint density at radius 1 is 0.905 bits per heavy atom. The second kappa shape index (κ2) is 6.85. The number of ether oxygens (including phenoxy) is 2. The van der Waals surface area contributed by atoms with Crippen LogP contribution in [0.4, 0.5) is 5.69 Å². The minimum atomic E-state index is 0.719. The van der Waals surface area contributed by atoms with Crippen molar-refractivity contribution in [2.75, 3.05) is 19.5 Å². The number of nitrogens with one attached hydrogen (secondary N) is 1. The molecule has 0 aliphatic carbocycles. The zero-order chi connectivity index (χ0) is 15.4. The van der Waals surface area contributed by atoms with Crippen LogP contribution in [0.2, 0.25) is 0 Å². The Balaban J connectivity index is 2.20. The summed E-state index contributed by atoms with van der Waals surface area (Å²) in [6.07, 6.45) is 0. The van der Waals surface area contributed by atoms with E-state index in [2.05, 4.69) is 47.2 Å². The molecule has 21 heavy (non-hydrogen) atoms. The van der Waals surface area contributed by atoms with Crippen LogP contribution in [0.5, 0.6) is 11.5 Å². The van der Waals surface area contributed by atoms with E-state index in [1.807, 2.05) is 18.2 Å². The molecule has 2 aromatic carbocycles. The summed E-state index contributed by atoms with van der Waals surface area (Å²) in [4.78, 5) is 0. The third-order valence-electron chi connectivity index (χ3n) is 3.38. The number of hydrogen-bond donors (Lipinski definition) is 1. The first kappa shape index (κ1) is 15.7. The molecule has 0 aliphatic rings. The number of benzene rings is 2. The van der Waals surface area contributed by atoms with E-state index in [-0.39, 0.29) is 0 Å². The second-order valence-electron chi connectivity index (χ2n) is 4.99. The van der Waals surface area contributed by atoms with E-state index in [1.54, 1.807) is 14.2 Å². The van der Waals surface area contributed by atoms with Crippen molar-refractivity contribution in [1.82, 2.24) is 0 Å². The van der Waals surface area contributed by atoms with Crippen molar-refractivity contribution in [2.24, 2.45) is 0 Å². The maximum atomic E-state index is 5.30. The highest BCUT2D eigenvalue weighted by Gasteiger charge is 2.06. The van der Waals surface area contributed by atoms with Crippen molar-refractivity contribution in [3.05, 3.63) is 51.5 Å². The summed E-state index contributed by atoms with van der Waals surface area (Å²) < 4.78 is 11.7. The van der Waals surface area contributed by atoms with E-state index >= 15 is 0 Å². The molecular formula is C17H20BrNO2. The molecule has 0 amide bonds. The first-order valence-corrected chi connectivity index (χ1v) is 7.55. The molecule has 3 nitrogen and oxygen atoms in total. The van der Waals surface area contributed by atoms with Gasteiger partial charge in [-0.1, -0.05) is 15.9 Å². The molecule has 0 unspecified atom stereocenters. The van der Waals surface area contributed by atoms with Gasteiger partial charge < -0.3 is 14.8 Å². The van der Waals surface area contributed by atoms with Gasteiger partial charge in [0, 0.05) is 22.8 Å². The van der Waals surface area contributed by atoms with Crippen LogP contribution in [0.3, 0.4) is 0 Å².